The summed E-state index contributed by atoms with van der Waals surface area (Å²) in [5, 5.41) is 11.1. The van der Waals surface area contributed by atoms with E-state index in [1.54, 1.807) is 0 Å². The van der Waals surface area contributed by atoms with Crippen molar-refractivity contribution in [1.29, 1.82) is 0 Å². The van der Waals surface area contributed by atoms with Crippen LogP contribution in [0.5, 0.6) is 0 Å². The normalized spacial score (nSPS) is 13.3. The quantitative estimate of drug-likeness (QED) is 0.345. The molecule has 0 aromatic heterocycles. The van der Waals surface area contributed by atoms with Crippen LogP contribution >= 0.6 is 23.2 Å². The third kappa shape index (κ3) is 4.83. The van der Waals surface area contributed by atoms with Gasteiger partial charge in [0.2, 0.25) is 5.91 Å². The van der Waals surface area contributed by atoms with Gasteiger partial charge in [0.15, 0.2) is 0 Å². The Labute approximate surface area is 188 Å². The fourth-order valence-electron chi connectivity index (χ4n) is 3.14. The number of amides is 3. The van der Waals surface area contributed by atoms with Crippen molar-refractivity contribution in [2.45, 2.75) is 12.7 Å². The van der Waals surface area contributed by atoms with Crippen molar-refractivity contribution in [2.75, 3.05) is 13.1 Å². The zero-order chi connectivity index (χ0) is 23.8. The number of rotatable bonds is 6. The lowest BCUT2D eigenvalue weighted by Crippen LogP contribution is -2.45. The number of carbonyl (C=O) groups excluding carboxylic acids is 3. The van der Waals surface area contributed by atoms with E-state index in [0.29, 0.717) is 9.80 Å². The second-order valence-corrected chi connectivity index (χ2v) is 7.57. The molecule has 2 aromatic rings. The Kier molecular flexibility index (Phi) is 6.42. The molecule has 168 valence electrons. The third-order valence-electron chi connectivity index (χ3n) is 4.58. The number of carbonyl (C=O) groups is 3. The molecule has 0 unspecified atom stereocenters. The predicted molar refractivity (Wildman–Crippen MR) is 106 cm³/mol. The van der Waals surface area contributed by atoms with Gasteiger partial charge in [0.05, 0.1) is 32.6 Å². The van der Waals surface area contributed by atoms with Crippen LogP contribution < -0.4 is 0 Å². The molecule has 3 rings (SSSR count). The highest BCUT2D eigenvalue weighted by Gasteiger charge is 2.40. The number of benzene rings is 2. The average molecular weight is 490 g/mol. The van der Waals surface area contributed by atoms with Crippen molar-refractivity contribution in [3.05, 3.63) is 73.2 Å². The van der Waals surface area contributed by atoms with Gasteiger partial charge >= 0.3 is 6.18 Å². The van der Waals surface area contributed by atoms with E-state index < -0.39 is 54.1 Å². The summed E-state index contributed by atoms with van der Waals surface area (Å²) in [5.74, 6) is -3.07. The zero-order valence-electron chi connectivity index (χ0n) is 15.9. The molecule has 0 bridgehead atoms. The minimum atomic E-state index is -4.83. The van der Waals surface area contributed by atoms with E-state index in [1.165, 1.54) is 18.2 Å². The minimum absolute atomic E-state index is 0.0187. The highest BCUT2D eigenvalue weighted by atomic mass is 35.5. The summed E-state index contributed by atoms with van der Waals surface area (Å²) >= 11 is 11.7. The van der Waals surface area contributed by atoms with Gasteiger partial charge in [-0.15, -0.1) is 0 Å². The number of hydrogen-bond donors (Lipinski definition) is 0. The third-order valence-corrected chi connectivity index (χ3v) is 5.30. The maximum absolute atomic E-state index is 13.1. The molecule has 0 fully saturated rings. The van der Waals surface area contributed by atoms with Crippen LogP contribution in [0.1, 0.15) is 26.3 Å². The molecule has 0 radical (unpaired) electrons. The van der Waals surface area contributed by atoms with Crippen LogP contribution in [0, 0.1) is 10.1 Å². The van der Waals surface area contributed by atoms with Crippen LogP contribution in [-0.4, -0.2) is 51.7 Å². The number of nitrogens with zero attached hydrogens (tertiary/aromatic N) is 3. The molecule has 13 heteroatoms. The molecule has 0 saturated carbocycles. The topological polar surface area (TPSA) is 101 Å². The van der Waals surface area contributed by atoms with Crippen molar-refractivity contribution in [3.8, 4) is 0 Å². The first kappa shape index (κ1) is 23.5. The SMILES string of the molecule is O=C(CN1C(=O)c2cc(Cl)c(Cl)cc2C1=O)N(Cc1ccccc1[N+](=O)[O-])CC(F)(F)F. The number of nitro groups is 1. The molecular formula is C19H12Cl2F3N3O5. The van der Waals surface area contributed by atoms with Gasteiger partial charge in [-0.3, -0.25) is 29.4 Å². The molecule has 1 aliphatic heterocycles. The zero-order valence-corrected chi connectivity index (χ0v) is 17.4. The van der Waals surface area contributed by atoms with Gasteiger partial charge in [0.25, 0.3) is 17.5 Å². The highest BCUT2D eigenvalue weighted by molar-refractivity contribution is 6.43. The van der Waals surface area contributed by atoms with E-state index >= 15 is 0 Å². The summed E-state index contributed by atoms with van der Waals surface area (Å²) in [4.78, 5) is 48.9. The van der Waals surface area contributed by atoms with Gasteiger partial charge in [0.1, 0.15) is 13.1 Å². The van der Waals surface area contributed by atoms with E-state index in [9.17, 15) is 37.7 Å². The Morgan fingerprint density at radius 2 is 1.59 bits per heavy atom. The molecule has 2 aromatic carbocycles. The minimum Gasteiger partial charge on any atom is -0.327 e. The summed E-state index contributed by atoms with van der Waals surface area (Å²) in [6.07, 6.45) is -4.83. The number of fused-ring (bicyclic) bond motifs is 1. The maximum Gasteiger partial charge on any atom is 0.406 e. The van der Waals surface area contributed by atoms with Crippen LogP contribution in [0.2, 0.25) is 10.0 Å². The van der Waals surface area contributed by atoms with Crippen LogP contribution in [0.25, 0.3) is 0 Å². The van der Waals surface area contributed by atoms with E-state index in [-0.39, 0.29) is 26.7 Å². The van der Waals surface area contributed by atoms with Crippen molar-refractivity contribution < 1.29 is 32.5 Å². The average Bonchev–Trinajstić information content (AvgIpc) is 2.91. The van der Waals surface area contributed by atoms with E-state index in [1.807, 2.05) is 0 Å². The fraction of sp³-hybridized carbons (Fsp3) is 0.211. The first-order valence-electron chi connectivity index (χ1n) is 8.81. The summed E-state index contributed by atoms with van der Waals surface area (Å²) in [6, 6.07) is 7.25. The molecule has 1 aliphatic rings. The van der Waals surface area contributed by atoms with Gasteiger partial charge in [-0.05, 0) is 12.1 Å². The second kappa shape index (κ2) is 8.75. The van der Waals surface area contributed by atoms with E-state index in [2.05, 4.69) is 0 Å². The smallest absolute Gasteiger partial charge is 0.327 e. The van der Waals surface area contributed by atoms with Crippen molar-refractivity contribution in [2.24, 2.45) is 0 Å². The molecule has 0 N–H and O–H groups in total. The van der Waals surface area contributed by atoms with Gasteiger partial charge in [-0.1, -0.05) is 41.4 Å². The standard InChI is InChI=1S/C19H12Cl2F3N3O5/c20-13-5-11-12(6-14(13)21)18(30)26(17(11)29)8-16(28)25(9-19(22,23)24)7-10-3-1-2-4-15(10)27(31)32/h1-6H,7-9H2. The molecule has 32 heavy (non-hydrogen) atoms. The van der Waals surface area contributed by atoms with Crippen molar-refractivity contribution in [3.63, 3.8) is 0 Å². The predicted octanol–water partition coefficient (Wildman–Crippen LogP) is 4.09. The first-order chi connectivity index (χ1) is 14.9. The number of halogens is 5. The van der Waals surface area contributed by atoms with Crippen LogP contribution in [0.4, 0.5) is 18.9 Å². The number of hydrogen-bond acceptors (Lipinski definition) is 5. The summed E-state index contributed by atoms with van der Waals surface area (Å²) < 4.78 is 39.3. The molecule has 0 spiro atoms. The Bertz CT molecular complexity index is 1100. The van der Waals surface area contributed by atoms with Crippen LogP contribution in [-0.2, 0) is 11.3 Å². The monoisotopic (exact) mass is 489 g/mol. The Morgan fingerprint density at radius 3 is 2.09 bits per heavy atom. The number of alkyl halides is 3. The number of imide groups is 1. The van der Waals surface area contributed by atoms with Gasteiger partial charge < -0.3 is 4.90 Å². The molecule has 0 atom stereocenters. The Balaban J connectivity index is 1.87. The lowest BCUT2D eigenvalue weighted by molar-refractivity contribution is -0.385. The lowest BCUT2D eigenvalue weighted by Gasteiger charge is -2.25. The first-order valence-corrected chi connectivity index (χ1v) is 9.56. The van der Waals surface area contributed by atoms with E-state index in [4.69, 9.17) is 23.2 Å². The fourth-order valence-corrected chi connectivity index (χ4v) is 3.47. The highest BCUT2D eigenvalue weighted by Crippen LogP contribution is 2.32. The Morgan fingerprint density at radius 1 is 1.06 bits per heavy atom. The van der Waals surface area contributed by atoms with Crippen LogP contribution in [0.15, 0.2) is 36.4 Å². The van der Waals surface area contributed by atoms with Gasteiger partial charge in [0, 0.05) is 11.6 Å². The second-order valence-electron chi connectivity index (χ2n) is 6.76. The largest absolute Gasteiger partial charge is 0.406 e. The molecule has 0 saturated heterocycles. The summed E-state index contributed by atoms with van der Waals surface area (Å²) in [7, 11) is 0. The summed E-state index contributed by atoms with van der Waals surface area (Å²) in [5.41, 5.74) is -0.898. The molecule has 8 nitrogen and oxygen atoms in total. The van der Waals surface area contributed by atoms with Crippen LogP contribution in [0.3, 0.4) is 0 Å². The molecule has 3 amide bonds. The van der Waals surface area contributed by atoms with Gasteiger partial charge in [-0.2, -0.15) is 13.2 Å². The maximum atomic E-state index is 13.1. The van der Waals surface area contributed by atoms with Crippen molar-refractivity contribution >= 4 is 46.6 Å². The van der Waals surface area contributed by atoms with Gasteiger partial charge in [-0.25, -0.2) is 0 Å². The molecule has 1 heterocycles. The van der Waals surface area contributed by atoms with Crippen molar-refractivity contribution in [1.82, 2.24) is 9.80 Å². The molecule has 0 aliphatic carbocycles. The number of para-hydroxylation sites is 1. The number of nitro benzene ring substituents is 1. The molecular weight excluding hydrogens is 478 g/mol. The lowest BCUT2D eigenvalue weighted by atomic mass is 10.1. The summed E-state index contributed by atoms with van der Waals surface area (Å²) in [6.45, 7) is -3.49. The Hall–Kier alpha value is -3.18. The van der Waals surface area contributed by atoms with E-state index in [0.717, 1.165) is 18.2 Å².